The Bertz CT molecular complexity index is 835. The van der Waals surface area contributed by atoms with Gasteiger partial charge in [0.15, 0.2) is 0 Å². The summed E-state index contributed by atoms with van der Waals surface area (Å²) in [5.41, 5.74) is 3.08. The second kappa shape index (κ2) is 6.58. The van der Waals surface area contributed by atoms with Crippen LogP contribution in [0.1, 0.15) is 12.5 Å². The van der Waals surface area contributed by atoms with Crippen LogP contribution in [0.15, 0.2) is 64.0 Å². The predicted molar refractivity (Wildman–Crippen MR) is 88.5 cm³/mol. The van der Waals surface area contributed by atoms with Gasteiger partial charge in [-0.3, -0.25) is 4.99 Å². The average molecular weight is 293 g/mol. The molecule has 0 aliphatic carbocycles. The molecule has 1 aromatic heterocycles. The molecule has 0 atom stereocenters. The predicted octanol–water partition coefficient (Wildman–Crippen LogP) is 3.56. The van der Waals surface area contributed by atoms with E-state index in [1.807, 2.05) is 42.5 Å². The number of hydrogen-bond donors (Lipinski definition) is 1. The Balaban J connectivity index is 2.25. The van der Waals surface area contributed by atoms with E-state index in [9.17, 15) is 0 Å². The molecule has 3 heteroatoms. The van der Waals surface area contributed by atoms with Crippen LogP contribution in [0.25, 0.3) is 22.3 Å². The highest BCUT2D eigenvalue weighted by molar-refractivity contribution is 5.79. The van der Waals surface area contributed by atoms with Crippen molar-refractivity contribution in [2.24, 2.45) is 4.99 Å². The number of aliphatic hydroxyl groups excluding tert-OH is 1. The lowest BCUT2D eigenvalue weighted by Crippen LogP contribution is -2.07. The second-order valence-corrected chi connectivity index (χ2v) is 5.15. The van der Waals surface area contributed by atoms with E-state index in [0.29, 0.717) is 6.54 Å². The molecule has 3 aromatic rings. The van der Waals surface area contributed by atoms with Crippen molar-refractivity contribution in [1.82, 2.24) is 0 Å². The zero-order chi connectivity index (χ0) is 15.4. The van der Waals surface area contributed by atoms with E-state index in [4.69, 9.17) is 9.52 Å². The van der Waals surface area contributed by atoms with Crippen molar-refractivity contribution in [3.05, 3.63) is 65.5 Å². The number of benzene rings is 2. The molecule has 0 fully saturated rings. The molecular formula is C19H19NO2. The Morgan fingerprint density at radius 2 is 1.86 bits per heavy atom. The van der Waals surface area contributed by atoms with E-state index in [1.165, 1.54) is 5.56 Å². The molecule has 3 rings (SSSR count). The lowest BCUT2D eigenvalue weighted by atomic mass is 10.1. The minimum atomic E-state index is 0.0433. The van der Waals surface area contributed by atoms with Gasteiger partial charge in [0.05, 0.1) is 18.5 Å². The van der Waals surface area contributed by atoms with Gasteiger partial charge in [-0.15, -0.1) is 0 Å². The Kier molecular flexibility index (Phi) is 4.35. The van der Waals surface area contributed by atoms with Crippen molar-refractivity contribution >= 4 is 11.0 Å². The van der Waals surface area contributed by atoms with E-state index >= 15 is 0 Å². The van der Waals surface area contributed by atoms with E-state index in [-0.39, 0.29) is 6.61 Å². The van der Waals surface area contributed by atoms with Crippen LogP contribution in [0.5, 0.6) is 0 Å². The van der Waals surface area contributed by atoms with Gasteiger partial charge in [-0.25, -0.2) is 0 Å². The van der Waals surface area contributed by atoms with Crippen molar-refractivity contribution in [2.75, 3.05) is 13.2 Å². The third-order valence-corrected chi connectivity index (χ3v) is 3.66. The first-order valence-electron chi connectivity index (χ1n) is 7.55. The molecule has 0 aliphatic heterocycles. The lowest BCUT2D eigenvalue weighted by Gasteiger charge is -2.06. The van der Waals surface area contributed by atoms with E-state index in [1.54, 1.807) is 0 Å². The van der Waals surface area contributed by atoms with Gasteiger partial charge >= 0.3 is 0 Å². The van der Waals surface area contributed by atoms with Crippen LogP contribution in [-0.2, 0) is 6.42 Å². The topological polar surface area (TPSA) is 45.7 Å². The van der Waals surface area contributed by atoms with E-state index < -0.39 is 0 Å². The van der Waals surface area contributed by atoms with Crippen molar-refractivity contribution in [1.29, 1.82) is 0 Å². The summed E-state index contributed by atoms with van der Waals surface area (Å²) in [7, 11) is 0. The minimum absolute atomic E-state index is 0.0433. The Labute approximate surface area is 129 Å². The highest BCUT2D eigenvalue weighted by atomic mass is 16.3. The molecule has 0 spiro atoms. The van der Waals surface area contributed by atoms with Gasteiger partial charge in [-0.1, -0.05) is 43.3 Å². The van der Waals surface area contributed by atoms with Crippen LogP contribution < -0.4 is 5.36 Å². The summed E-state index contributed by atoms with van der Waals surface area (Å²) in [6.45, 7) is 2.56. The highest BCUT2D eigenvalue weighted by Gasteiger charge is 2.06. The number of fused-ring (bicyclic) bond motifs is 1. The summed E-state index contributed by atoms with van der Waals surface area (Å²) in [5.74, 6) is 0.786. The lowest BCUT2D eigenvalue weighted by molar-refractivity contribution is 0.306. The second-order valence-electron chi connectivity index (χ2n) is 5.15. The Hall–Kier alpha value is -2.39. The average Bonchev–Trinajstić information content (AvgIpc) is 2.59. The van der Waals surface area contributed by atoms with Gasteiger partial charge in [0.2, 0.25) is 0 Å². The fraction of sp³-hybridized carbons (Fsp3) is 0.211. The van der Waals surface area contributed by atoms with Gasteiger partial charge in [0, 0.05) is 17.0 Å². The van der Waals surface area contributed by atoms with Gasteiger partial charge in [0.1, 0.15) is 11.3 Å². The van der Waals surface area contributed by atoms with Crippen LogP contribution in [0, 0.1) is 0 Å². The SMILES string of the molecule is CCc1ccc2oc(-c3ccccc3)cc(=NCCO)c2c1. The van der Waals surface area contributed by atoms with Gasteiger partial charge in [-0.05, 0) is 24.1 Å². The Morgan fingerprint density at radius 3 is 2.59 bits per heavy atom. The van der Waals surface area contributed by atoms with Gasteiger partial charge < -0.3 is 9.52 Å². The quantitative estimate of drug-likeness (QED) is 0.799. The van der Waals surface area contributed by atoms with Gasteiger partial charge in [-0.2, -0.15) is 0 Å². The molecular weight excluding hydrogens is 274 g/mol. The molecule has 0 bridgehead atoms. The normalized spacial score (nSPS) is 12.0. The maximum absolute atomic E-state index is 9.07. The summed E-state index contributed by atoms with van der Waals surface area (Å²) in [4.78, 5) is 4.50. The molecule has 1 heterocycles. The summed E-state index contributed by atoms with van der Waals surface area (Å²) in [6.07, 6.45) is 0.968. The molecule has 0 aliphatic rings. The van der Waals surface area contributed by atoms with Gasteiger partial charge in [0.25, 0.3) is 0 Å². The Morgan fingerprint density at radius 1 is 1.05 bits per heavy atom. The minimum Gasteiger partial charge on any atom is -0.456 e. The molecule has 112 valence electrons. The molecule has 0 saturated heterocycles. The summed E-state index contributed by atoms with van der Waals surface area (Å²) < 4.78 is 6.05. The molecule has 2 aromatic carbocycles. The van der Waals surface area contributed by atoms with Crippen LogP contribution in [0.3, 0.4) is 0 Å². The fourth-order valence-corrected chi connectivity index (χ4v) is 2.48. The van der Waals surface area contributed by atoms with Crippen molar-refractivity contribution < 1.29 is 9.52 Å². The van der Waals surface area contributed by atoms with Crippen LogP contribution in [0.4, 0.5) is 0 Å². The monoisotopic (exact) mass is 293 g/mol. The first-order valence-corrected chi connectivity index (χ1v) is 7.55. The maximum atomic E-state index is 9.07. The first kappa shape index (κ1) is 14.5. The zero-order valence-corrected chi connectivity index (χ0v) is 12.6. The number of aliphatic hydroxyl groups is 1. The zero-order valence-electron chi connectivity index (χ0n) is 12.6. The summed E-state index contributed by atoms with van der Waals surface area (Å²) in [6, 6.07) is 18.1. The van der Waals surface area contributed by atoms with Crippen molar-refractivity contribution in [2.45, 2.75) is 13.3 Å². The first-order chi connectivity index (χ1) is 10.8. The largest absolute Gasteiger partial charge is 0.456 e. The van der Waals surface area contributed by atoms with E-state index in [2.05, 4.69) is 24.0 Å². The van der Waals surface area contributed by atoms with Crippen LogP contribution in [0.2, 0.25) is 0 Å². The number of hydrogen-bond acceptors (Lipinski definition) is 3. The molecule has 0 radical (unpaired) electrons. The molecule has 0 saturated carbocycles. The van der Waals surface area contributed by atoms with Crippen molar-refractivity contribution in [3.63, 3.8) is 0 Å². The third kappa shape index (κ3) is 2.95. The standard InChI is InChI=1S/C19H19NO2/c1-2-14-8-9-18-16(12-14)17(20-10-11-21)13-19(22-18)15-6-4-3-5-7-15/h3-9,12-13,21H,2,10-11H2,1H3. The molecule has 22 heavy (non-hydrogen) atoms. The number of nitrogens with zero attached hydrogens (tertiary/aromatic N) is 1. The fourth-order valence-electron chi connectivity index (χ4n) is 2.48. The summed E-state index contributed by atoms with van der Waals surface area (Å²) in [5, 5.41) is 10.9. The number of aryl methyl sites for hydroxylation is 1. The molecule has 3 nitrogen and oxygen atoms in total. The maximum Gasteiger partial charge on any atom is 0.136 e. The van der Waals surface area contributed by atoms with E-state index in [0.717, 1.165) is 34.1 Å². The van der Waals surface area contributed by atoms with Crippen LogP contribution >= 0.6 is 0 Å². The smallest absolute Gasteiger partial charge is 0.136 e. The van der Waals surface area contributed by atoms with Crippen LogP contribution in [-0.4, -0.2) is 18.3 Å². The number of rotatable bonds is 4. The highest BCUT2D eigenvalue weighted by Crippen LogP contribution is 2.22. The molecule has 0 amide bonds. The molecule has 0 unspecified atom stereocenters. The molecule has 1 N–H and O–H groups in total. The third-order valence-electron chi connectivity index (χ3n) is 3.66. The van der Waals surface area contributed by atoms with Crippen molar-refractivity contribution in [3.8, 4) is 11.3 Å². The summed E-state index contributed by atoms with van der Waals surface area (Å²) >= 11 is 0.